The van der Waals surface area contributed by atoms with Crippen LogP contribution in [0.4, 0.5) is 0 Å². The molecule has 0 aromatic heterocycles. The summed E-state index contributed by atoms with van der Waals surface area (Å²) in [4.78, 5) is 2.27. The molecule has 0 saturated carbocycles. The van der Waals surface area contributed by atoms with Crippen molar-refractivity contribution in [3.63, 3.8) is 0 Å². The van der Waals surface area contributed by atoms with E-state index >= 15 is 0 Å². The first kappa shape index (κ1) is 11.1. The topological polar surface area (TPSA) is 41.9 Å². The van der Waals surface area contributed by atoms with Gasteiger partial charge in [-0.25, -0.2) is 0 Å². The predicted molar refractivity (Wildman–Crippen MR) is 63.4 cm³/mol. The predicted octanol–water partition coefficient (Wildman–Crippen LogP) is 1.49. The molecule has 2 heterocycles. The highest BCUT2D eigenvalue weighted by molar-refractivity contribution is 6.32. The van der Waals surface area contributed by atoms with Crippen molar-refractivity contribution in [2.24, 2.45) is 5.92 Å². The maximum absolute atomic E-state index is 8.96. The first-order valence-electron chi connectivity index (χ1n) is 5.67. The van der Waals surface area contributed by atoms with Crippen LogP contribution in [-0.2, 0) is 6.54 Å². The molecule has 0 radical (unpaired) electrons. The molecule has 1 saturated heterocycles. The summed E-state index contributed by atoms with van der Waals surface area (Å²) in [6.45, 7) is 3.26. The Hall–Kier alpha value is -0.970. The van der Waals surface area contributed by atoms with Crippen LogP contribution in [0.3, 0.4) is 0 Å². The SMILES string of the molecule is OCC1CN(Cc2cc(Cl)c3c(c2)OCO3)C1. The summed E-state index contributed by atoms with van der Waals surface area (Å²) in [6, 6.07) is 3.89. The van der Waals surface area contributed by atoms with Crippen LogP contribution in [0.2, 0.25) is 5.02 Å². The van der Waals surface area contributed by atoms with Crippen LogP contribution in [0.25, 0.3) is 0 Å². The summed E-state index contributed by atoms with van der Waals surface area (Å²) >= 11 is 6.11. The van der Waals surface area contributed by atoms with Gasteiger partial charge in [-0.2, -0.15) is 0 Å². The maximum Gasteiger partial charge on any atom is 0.231 e. The van der Waals surface area contributed by atoms with Gasteiger partial charge in [0.1, 0.15) is 0 Å². The van der Waals surface area contributed by atoms with Gasteiger partial charge >= 0.3 is 0 Å². The lowest BCUT2D eigenvalue weighted by Gasteiger charge is -2.38. The molecule has 2 aliphatic heterocycles. The van der Waals surface area contributed by atoms with Gasteiger partial charge in [0.2, 0.25) is 6.79 Å². The van der Waals surface area contributed by atoms with Crippen LogP contribution in [0.1, 0.15) is 5.56 Å². The lowest BCUT2D eigenvalue weighted by Crippen LogP contribution is -2.47. The molecule has 3 rings (SSSR count). The van der Waals surface area contributed by atoms with Crippen molar-refractivity contribution in [2.45, 2.75) is 6.54 Å². The molecule has 0 atom stereocenters. The smallest absolute Gasteiger partial charge is 0.231 e. The average molecular weight is 256 g/mol. The number of benzene rings is 1. The molecule has 1 aromatic carbocycles. The average Bonchev–Trinajstić information content (AvgIpc) is 2.71. The van der Waals surface area contributed by atoms with Crippen molar-refractivity contribution in [1.82, 2.24) is 4.90 Å². The number of hydrogen-bond donors (Lipinski definition) is 1. The number of nitrogens with zero attached hydrogens (tertiary/aromatic N) is 1. The fraction of sp³-hybridized carbons (Fsp3) is 0.500. The van der Waals surface area contributed by atoms with E-state index in [0.29, 0.717) is 16.7 Å². The number of fused-ring (bicyclic) bond motifs is 1. The fourth-order valence-corrected chi connectivity index (χ4v) is 2.58. The van der Waals surface area contributed by atoms with Crippen LogP contribution in [0, 0.1) is 5.92 Å². The summed E-state index contributed by atoms with van der Waals surface area (Å²) in [7, 11) is 0. The third-order valence-electron chi connectivity index (χ3n) is 3.18. The van der Waals surface area contributed by atoms with Crippen molar-refractivity contribution >= 4 is 11.6 Å². The molecule has 4 nitrogen and oxygen atoms in total. The van der Waals surface area contributed by atoms with E-state index in [1.165, 1.54) is 0 Å². The molecule has 1 N–H and O–H groups in total. The van der Waals surface area contributed by atoms with Gasteiger partial charge in [-0.15, -0.1) is 0 Å². The molecule has 0 unspecified atom stereocenters. The Balaban J connectivity index is 1.70. The van der Waals surface area contributed by atoms with E-state index in [2.05, 4.69) is 4.90 Å². The standard InChI is InChI=1S/C12H14ClNO3/c13-10-1-8(2-11-12(10)17-7-16-11)3-14-4-9(5-14)6-15/h1-2,9,15H,3-7H2. The number of aliphatic hydroxyl groups excluding tert-OH is 1. The first-order valence-corrected chi connectivity index (χ1v) is 6.05. The summed E-state index contributed by atoms with van der Waals surface area (Å²) in [6.07, 6.45) is 0. The highest BCUT2D eigenvalue weighted by Crippen LogP contribution is 2.40. The van der Waals surface area contributed by atoms with Gasteiger partial charge in [0.25, 0.3) is 0 Å². The second-order valence-corrected chi connectivity index (χ2v) is 4.96. The third kappa shape index (κ3) is 2.08. The second-order valence-electron chi connectivity index (χ2n) is 4.55. The quantitative estimate of drug-likeness (QED) is 0.889. The lowest BCUT2D eigenvalue weighted by molar-refractivity contribution is 0.0479. The lowest BCUT2D eigenvalue weighted by atomic mass is 10.0. The minimum Gasteiger partial charge on any atom is -0.454 e. The van der Waals surface area contributed by atoms with Crippen molar-refractivity contribution < 1.29 is 14.6 Å². The molecule has 92 valence electrons. The highest BCUT2D eigenvalue weighted by atomic mass is 35.5. The van der Waals surface area contributed by atoms with E-state index in [0.717, 1.165) is 30.9 Å². The molecule has 0 amide bonds. The maximum atomic E-state index is 8.96. The molecule has 5 heteroatoms. The van der Waals surface area contributed by atoms with E-state index in [4.69, 9.17) is 26.2 Å². The monoisotopic (exact) mass is 255 g/mol. The van der Waals surface area contributed by atoms with Gasteiger partial charge in [0.15, 0.2) is 11.5 Å². The number of rotatable bonds is 3. The third-order valence-corrected chi connectivity index (χ3v) is 3.46. The van der Waals surface area contributed by atoms with E-state index in [1.54, 1.807) is 0 Å². The normalized spacial score (nSPS) is 19.4. The van der Waals surface area contributed by atoms with Gasteiger partial charge in [0.05, 0.1) is 5.02 Å². The van der Waals surface area contributed by atoms with Crippen molar-refractivity contribution in [3.8, 4) is 11.5 Å². The molecule has 0 bridgehead atoms. The minimum atomic E-state index is 0.245. The van der Waals surface area contributed by atoms with Gasteiger partial charge in [-0.1, -0.05) is 11.6 Å². The number of aliphatic hydroxyl groups is 1. The van der Waals surface area contributed by atoms with Crippen LogP contribution < -0.4 is 9.47 Å². The Morgan fingerprint density at radius 1 is 1.35 bits per heavy atom. The largest absolute Gasteiger partial charge is 0.454 e. The van der Waals surface area contributed by atoms with Crippen molar-refractivity contribution in [2.75, 3.05) is 26.5 Å². The van der Waals surface area contributed by atoms with E-state index in [-0.39, 0.29) is 13.4 Å². The second kappa shape index (κ2) is 4.37. The zero-order chi connectivity index (χ0) is 11.8. The Kier molecular flexibility index (Phi) is 2.86. The van der Waals surface area contributed by atoms with Crippen LogP contribution in [0.5, 0.6) is 11.5 Å². The number of halogens is 1. The van der Waals surface area contributed by atoms with Crippen molar-refractivity contribution in [3.05, 3.63) is 22.7 Å². The minimum absolute atomic E-state index is 0.245. The molecule has 1 aromatic rings. The highest BCUT2D eigenvalue weighted by Gasteiger charge is 2.26. The van der Waals surface area contributed by atoms with Gasteiger partial charge in [-0.3, -0.25) is 4.90 Å². The number of hydrogen-bond acceptors (Lipinski definition) is 4. The Morgan fingerprint density at radius 2 is 2.18 bits per heavy atom. The molecular formula is C12H14ClNO3. The van der Waals surface area contributed by atoms with Crippen LogP contribution in [-0.4, -0.2) is 36.5 Å². The molecule has 1 fully saturated rings. The Morgan fingerprint density at radius 3 is 2.94 bits per heavy atom. The summed E-state index contributed by atoms with van der Waals surface area (Å²) in [5, 5.41) is 9.56. The molecule has 17 heavy (non-hydrogen) atoms. The zero-order valence-electron chi connectivity index (χ0n) is 9.36. The zero-order valence-corrected chi connectivity index (χ0v) is 10.1. The van der Waals surface area contributed by atoms with E-state index in [9.17, 15) is 0 Å². The first-order chi connectivity index (χ1) is 8.26. The molecule has 2 aliphatic rings. The van der Waals surface area contributed by atoms with E-state index < -0.39 is 0 Å². The number of likely N-dealkylation sites (tertiary alicyclic amines) is 1. The summed E-state index contributed by atoms with van der Waals surface area (Å²) < 4.78 is 10.6. The summed E-state index contributed by atoms with van der Waals surface area (Å²) in [5.41, 5.74) is 1.12. The van der Waals surface area contributed by atoms with Gasteiger partial charge < -0.3 is 14.6 Å². The van der Waals surface area contributed by atoms with E-state index in [1.807, 2.05) is 12.1 Å². The summed E-state index contributed by atoms with van der Waals surface area (Å²) in [5.74, 6) is 1.80. The fourth-order valence-electron chi connectivity index (χ4n) is 2.29. The number of ether oxygens (including phenoxy) is 2. The Labute approximate surface area is 105 Å². The van der Waals surface area contributed by atoms with Gasteiger partial charge in [0, 0.05) is 32.2 Å². The molecule has 0 spiro atoms. The Bertz CT molecular complexity index is 432. The van der Waals surface area contributed by atoms with Crippen LogP contribution >= 0.6 is 11.6 Å². The van der Waals surface area contributed by atoms with Crippen molar-refractivity contribution in [1.29, 1.82) is 0 Å². The van der Waals surface area contributed by atoms with Gasteiger partial charge in [-0.05, 0) is 17.7 Å². The van der Waals surface area contributed by atoms with Crippen LogP contribution in [0.15, 0.2) is 12.1 Å². The molecule has 0 aliphatic carbocycles. The molecular weight excluding hydrogens is 242 g/mol.